The summed E-state index contributed by atoms with van der Waals surface area (Å²) < 4.78 is 13.0. The van der Waals surface area contributed by atoms with E-state index in [1.165, 1.54) is 6.07 Å². The highest BCUT2D eigenvalue weighted by Gasteiger charge is 2.05. The number of amides is 1. The second kappa shape index (κ2) is 8.24. The van der Waals surface area contributed by atoms with Crippen LogP contribution in [0.4, 0.5) is 15.8 Å². The number of nitrogens with one attached hydrogen (secondary N) is 1. The van der Waals surface area contributed by atoms with Crippen molar-refractivity contribution in [1.82, 2.24) is 4.98 Å². The van der Waals surface area contributed by atoms with Crippen molar-refractivity contribution in [3.63, 3.8) is 0 Å². The van der Waals surface area contributed by atoms with Crippen LogP contribution in [0.3, 0.4) is 0 Å². The SMILES string of the molecule is CN(CCO)c1ccc(NC(=O)CCc2cncc(F)c2)cc1. The lowest BCUT2D eigenvalue weighted by Gasteiger charge is -2.18. The maximum absolute atomic E-state index is 13.0. The highest BCUT2D eigenvalue weighted by molar-refractivity contribution is 5.91. The van der Waals surface area contributed by atoms with Crippen molar-refractivity contribution >= 4 is 17.3 Å². The predicted octanol–water partition coefficient (Wildman–Crippen LogP) is 2.22. The summed E-state index contributed by atoms with van der Waals surface area (Å²) in [6.07, 6.45) is 3.40. The zero-order valence-corrected chi connectivity index (χ0v) is 13.0. The van der Waals surface area contributed by atoms with Crippen LogP contribution in [0.25, 0.3) is 0 Å². The Kier molecular flexibility index (Phi) is 6.05. The van der Waals surface area contributed by atoms with Crippen LogP contribution in [0, 0.1) is 5.82 Å². The number of carbonyl (C=O) groups is 1. The van der Waals surface area contributed by atoms with Crippen LogP contribution in [-0.2, 0) is 11.2 Å². The van der Waals surface area contributed by atoms with Gasteiger partial charge in [0, 0.05) is 37.6 Å². The Morgan fingerprint density at radius 2 is 2.04 bits per heavy atom. The third-order valence-electron chi connectivity index (χ3n) is 3.43. The fourth-order valence-corrected chi connectivity index (χ4v) is 2.15. The van der Waals surface area contributed by atoms with Gasteiger partial charge >= 0.3 is 0 Å². The number of benzene rings is 1. The van der Waals surface area contributed by atoms with Gasteiger partial charge in [0.1, 0.15) is 5.82 Å². The van der Waals surface area contributed by atoms with E-state index in [0.29, 0.717) is 24.2 Å². The number of nitrogens with zero attached hydrogens (tertiary/aromatic N) is 2. The quantitative estimate of drug-likeness (QED) is 0.822. The molecule has 0 unspecified atom stereocenters. The third-order valence-corrected chi connectivity index (χ3v) is 3.43. The largest absolute Gasteiger partial charge is 0.395 e. The van der Waals surface area contributed by atoms with Gasteiger partial charge in [-0.25, -0.2) is 4.39 Å². The number of rotatable bonds is 7. The third kappa shape index (κ3) is 5.34. The Morgan fingerprint density at radius 1 is 1.30 bits per heavy atom. The molecule has 0 aliphatic rings. The Morgan fingerprint density at radius 3 is 2.70 bits per heavy atom. The zero-order chi connectivity index (χ0) is 16.7. The summed E-state index contributed by atoms with van der Waals surface area (Å²) in [4.78, 5) is 17.6. The second-order valence-corrected chi connectivity index (χ2v) is 5.25. The summed E-state index contributed by atoms with van der Waals surface area (Å²) in [5.41, 5.74) is 2.36. The van der Waals surface area contributed by atoms with Crippen molar-refractivity contribution in [3.8, 4) is 0 Å². The molecule has 1 heterocycles. The highest BCUT2D eigenvalue weighted by Crippen LogP contribution is 2.17. The van der Waals surface area contributed by atoms with Crippen LogP contribution in [0.2, 0.25) is 0 Å². The van der Waals surface area contributed by atoms with Crippen LogP contribution in [0.15, 0.2) is 42.7 Å². The highest BCUT2D eigenvalue weighted by atomic mass is 19.1. The number of aromatic nitrogens is 1. The van der Waals surface area contributed by atoms with E-state index < -0.39 is 5.82 Å². The number of aliphatic hydroxyl groups excluding tert-OH is 1. The average Bonchev–Trinajstić information content (AvgIpc) is 2.54. The van der Waals surface area contributed by atoms with Gasteiger partial charge in [-0.1, -0.05) is 0 Å². The minimum atomic E-state index is -0.398. The summed E-state index contributed by atoms with van der Waals surface area (Å²) in [6.45, 7) is 0.636. The first kappa shape index (κ1) is 16.9. The van der Waals surface area contributed by atoms with E-state index in [0.717, 1.165) is 11.9 Å². The molecule has 0 saturated carbocycles. The fourth-order valence-electron chi connectivity index (χ4n) is 2.15. The zero-order valence-electron chi connectivity index (χ0n) is 13.0. The molecular weight excluding hydrogens is 297 g/mol. The van der Waals surface area contributed by atoms with E-state index in [-0.39, 0.29) is 18.9 Å². The maximum atomic E-state index is 13.0. The number of aryl methyl sites for hydroxylation is 1. The summed E-state index contributed by atoms with van der Waals surface area (Å²) in [7, 11) is 1.89. The molecular formula is C17H20FN3O2. The Labute approximate surface area is 134 Å². The molecule has 0 aliphatic carbocycles. The van der Waals surface area contributed by atoms with Crippen LogP contribution >= 0.6 is 0 Å². The van der Waals surface area contributed by atoms with E-state index in [2.05, 4.69) is 10.3 Å². The number of pyridine rings is 1. The Bertz CT molecular complexity index is 647. The summed E-state index contributed by atoms with van der Waals surface area (Å²) >= 11 is 0. The molecule has 23 heavy (non-hydrogen) atoms. The molecule has 1 aromatic carbocycles. The van der Waals surface area contributed by atoms with Crippen molar-refractivity contribution in [1.29, 1.82) is 0 Å². The first-order valence-electron chi connectivity index (χ1n) is 7.40. The van der Waals surface area contributed by atoms with Crippen molar-refractivity contribution in [3.05, 3.63) is 54.1 Å². The Hall–Kier alpha value is -2.47. The van der Waals surface area contributed by atoms with Gasteiger partial charge in [-0.3, -0.25) is 9.78 Å². The van der Waals surface area contributed by atoms with E-state index >= 15 is 0 Å². The van der Waals surface area contributed by atoms with Crippen LogP contribution < -0.4 is 10.2 Å². The molecule has 1 amide bonds. The molecule has 0 atom stereocenters. The van der Waals surface area contributed by atoms with Gasteiger partial charge < -0.3 is 15.3 Å². The number of carbonyl (C=O) groups excluding carboxylic acids is 1. The number of hydrogen-bond acceptors (Lipinski definition) is 4. The normalized spacial score (nSPS) is 10.4. The lowest BCUT2D eigenvalue weighted by atomic mass is 10.1. The lowest BCUT2D eigenvalue weighted by molar-refractivity contribution is -0.116. The van der Waals surface area contributed by atoms with Crippen molar-refractivity contribution < 1.29 is 14.3 Å². The van der Waals surface area contributed by atoms with Gasteiger partial charge in [0.25, 0.3) is 0 Å². The molecule has 122 valence electrons. The molecule has 1 aromatic heterocycles. The smallest absolute Gasteiger partial charge is 0.224 e. The van der Waals surface area contributed by atoms with Crippen molar-refractivity contribution in [2.24, 2.45) is 0 Å². The molecule has 5 nitrogen and oxygen atoms in total. The molecule has 0 bridgehead atoms. The second-order valence-electron chi connectivity index (χ2n) is 5.25. The van der Waals surface area contributed by atoms with Crippen LogP contribution in [-0.4, -0.2) is 36.2 Å². The fraction of sp³-hybridized carbons (Fsp3) is 0.294. The van der Waals surface area contributed by atoms with Gasteiger partial charge in [0.05, 0.1) is 12.8 Å². The number of anilines is 2. The average molecular weight is 317 g/mol. The molecule has 2 N–H and O–H groups in total. The van der Waals surface area contributed by atoms with E-state index in [4.69, 9.17) is 5.11 Å². The molecule has 0 aliphatic heterocycles. The van der Waals surface area contributed by atoms with Crippen LogP contribution in [0.1, 0.15) is 12.0 Å². The van der Waals surface area contributed by atoms with Gasteiger partial charge in [0.2, 0.25) is 5.91 Å². The number of likely N-dealkylation sites (N-methyl/N-ethyl adjacent to an activating group) is 1. The predicted molar refractivity (Wildman–Crippen MR) is 87.9 cm³/mol. The molecule has 0 spiro atoms. The first-order valence-corrected chi connectivity index (χ1v) is 7.40. The lowest BCUT2D eigenvalue weighted by Crippen LogP contribution is -2.21. The monoisotopic (exact) mass is 317 g/mol. The minimum Gasteiger partial charge on any atom is -0.395 e. The number of halogens is 1. The molecule has 6 heteroatoms. The van der Waals surface area contributed by atoms with Gasteiger partial charge in [0.15, 0.2) is 0 Å². The maximum Gasteiger partial charge on any atom is 0.224 e. The van der Waals surface area contributed by atoms with Gasteiger partial charge in [-0.05, 0) is 42.3 Å². The minimum absolute atomic E-state index is 0.0872. The summed E-state index contributed by atoms with van der Waals surface area (Å²) in [5.74, 6) is -0.531. The molecule has 0 saturated heterocycles. The van der Waals surface area contributed by atoms with Gasteiger partial charge in [-0.2, -0.15) is 0 Å². The summed E-state index contributed by atoms with van der Waals surface area (Å²) in [6, 6.07) is 8.76. The van der Waals surface area contributed by atoms with Crippen molar-refractivity contribution in [2.75, 3.05) is 30.4 Å². The van der Waals surface area contributed by atoms with E-state index in [1.807, 2.05) is 36.2 Å². The van der Waals surface area contributed by atoms with Crippen molar-refractivity contribution in [2.45, 2.75) is 12.8 Å². The Balaban J connectivity index is 1.85. The van der Waals surface area contributed by atoms with E-state index in [1.54, 1.807) is 6.20 Å². The molecule has 2 rings (SSSR count). The number of aliphatic hydroxyl groups is 1. The topological polar surface area (TPSA) is 65.5 Å². The molecule has 0 fully saturated rings. The molecule has 2 aromatic rings. The van der Waals surface area contributed by atoms with Gasteiger partial charge in [-0.15, -0.1) is 0 Å². The van der Waals surface area contributed by atoms with Crippen LogP contribution in [0.5, 0.6) is 0 Å². The summed E-state index contributed by atoms with van der Waals surface area (Å²) in [5, 5.41) is 11.7. The first-order chi connectivity index (χ1) is 11.1. The van der Waals surface area contributed by atoms with E-state index in [9.17, 15) is 9.18 Å². The standard InChI is InChI=1S/C17H20FN3O2/c1-21(8-9-22)16-5-3-15(4-6-16)20-17(23)7-2-13-10-14(18)12-19-11-13/h3-6,10-12,22H,2,7-9H2,1H3,(H,20,23). The number of hydrogen-bond donors (Lipinski definition) is 2. The molecule has 0 radical (unpaired) electrons.